The monoisotopic (exact) mass is 295 g/mol. The van der Waals surface area contributed by atoms with E-state index in [9.17, 15) is 4.79 Å². The van der Waals surface area contributed by atoms with Gasteiger partial charge in [-0.3, -0.25) is 14.9 Å². The van der Waals surface area contributed by atoms with Crippen LogP contribution in [0, 0.1) is 0 Å². The van der Waals surface area contributed by atoms with Crippen molar-refractivity contribution in [2.24, 2.45) is 0 Å². The number of H-pyrrole nitrogens is 1. The van der Waals surface area contributed by atoms with E-state index in [2.05, 4.69) is 20.5 Å². The lowest BCUT2D eigenvalue weighted by Crippen LogP contribution is -2.35. The fraction of sp³-hybridized carbons (Fsp3) is 0.133. The molecule has 3 aromatic rings. The van der Waals surface area contributed by atoms with Crippen LogP contribution < -0.4 is 15.0 Å². The first-order valence-corrected chi connectivity index (χ1v) is 6.82. The number of rotatable bonds is 2. The molecular formula is C15H13N5O2. The van der Waals surface area contributed by atoms with Gasteiger partial charge < -0.3 is 15.0 Å². The molecule has 0 fully saturated rings. The van der Waals surface area contributed by atoms with Crippen LogP contribution in [0.25, 0.3) is 11.0 Å². The molecule has 1 aliphatic rings. The fourth-order valence-electron chi connectivity index (χ4n) is 2.43. The van der Waals surface area contributed by atoms with E-state index in [0.29, 0.717) is 11.6 Å². The van der Waals surface area contributed by atoms with Crippen molar-refractivity contribution < 1.29 is 9.53 Å². The Balaban J connectivity index is 1.71. The smallest absolute Gasteiger partial charge is 0.264 e. The van der Waals surface area contributed by atoms with Crippen molar-refractivity contribution in [2.45, 2.75) is 0 Å². The van der Waals surface area contributed by atoms with Gasteiger partial charge in [-0.25, -0.2) is 0 Å². The van der Waals surface area contributed by atoms with Crippen LogP contribution >= 0.6 is 0 Å². The molecule has 1 aliphatic heterocycles. The first-order chi connectivity index (χ1) is 10.7. The summed E-state index contributed by atoms with van der Waals surface area (Å²) in [6.45, 7) is 0.0736. The zero-order chi connectivity index (χ0) is 15.1. The number of amides is 1. The normalized spacial score (nSPS) is 13.9. The van der Waals surface area contributed by atoms with Crippen LogP contribution in [-0.4, -0.2) is 34.7 Å². The molecule has 7 heteroatoms. The predicted molar refractivity (Wildman–Crippen MR) is 82.5 cm³/mol. The number of nitrogens with one attached hydrogen (secondary N) is 2. The second-order valence-electron chi connectivity index (χ2n) is 5.02. The highest BCUT2D eigenvalue weighted by Gasteiger charge is 2.22. The lowest BCUT2D eigenvalue weighted by atomic mass is 10.2. The van der Waals surface area contributed by atoms with Gasteiger partial charge in [-0.1, -0.05) is 0 Å². The number of aromatic amines is 1. The summed E-state index contributed by atoms with van der Waals surface area (Å²) in [4.78, 5) is 17.6. The van der Waals surface area contributed by atoms with Gasteiger partial charge in [-0.2, -0.15) is 5.10 Å². The number of ether oxygens (including phenoxy) is 1. The van der Waals surface area contributed by atoms with Gasteiger partial charge in [0.1, 0.15) is 11.3 Å². The van der Waals surface area contributed by atoms with Gasteiger partial charge in [0.05, 0.1) is 11.2 Å². The molecule has 1 amide bonds. The van der Waals surface area contributed by atoms with Crippen molar-refractivity contribution in [3.63, 3.8) is 0 Å². The van der Waals surface area contributed by atoms with Crippen LogP contribution in [0.4, 0.5) is 17.2 Å². The van der Waals surface area contributed by atoms with Crippen molar-refractivity contribution in [1.82, 2.24) is 15.2 Å². The highest BCUT2D eigenvalue weighted by atomic mass is 16.5. The van der Waals surface area contributed by atoms with E-state index in [1.807, 2.05) is 30.3 Å². The molecule has 3 heterocycles. The number of hydrogen-bond donors (Lipinski definition) is 2. The maximum absolute atomic E-state index is 11.7. The molecule has 0 bridgehead atoms. The molecule has 0 saturated carbocycles. The van der Waals surface area contributed by atoms with E-state index in [0.717, 1.165) is 22.4 Å². The molecule has 0 saturated heterocycles. The van der Waals surface area contributed by atoms with Gasteiger partial charge in [0.2, 0.25) is 0 Å². The van der Waals surface area contributed by atoms with Gasteiger partial charge in [-0.05, 0) is 30.3 Å². The summed E-state index contributed by atoms with van der Waals surface area (Å²) < 4.78 is 5.41. The second-order valence-corrected chi connectivity index (χ2v) is 5.02. The molecular weight excluding hydrogens is 282 g/mol. The Morgan fingerprint density at radius 1 is 1.36 bits per heavy atom. The molecule has 0 atom stereocenters. The third-order valence-electron chi connectivity index (χ3n) is 3.63. The SMILES string of the molecule is CN1C(=O)COc2ccc(Nc3n[nH]c4cccnc34)cc21. The minimum atomic E-state index is -0.0727. The number of anilines is 3. The summed E-state index contributed by atoms with van der Waals surface area (Å²) in [5.41, 5.74) is 3.16. The number of hydrogen-bond acceptors (Lipinski definition) is 5. The van der Waals surface area contributed by atoms with Crippen LogP contribution in [0.15, 0.2) is 36.5 Å². The largest absolute Gasteiger partial charge is 0.482 e. The van der Waals surface area contributed by atoms with Crippen molar-refractivity contribution in [1.29, 1.82) is 0 Å². The number of nitrogens with zero attached hydrogens (tertiary/aromatic N) is 3. The number of benzene rings is 1. The molecule has 0 spiro atoms. The van der Waals surface area contributed by atoms with Crippen molar-refractivity contribution in [2.75, 3.05) is 23.9 Å². The standard InChI is InChI=1S/C15H13N5O2/c1-20-11-7-9(4-5-12(11)22-8-13(20)21)17-15-14-10(18-19-15)3-2-6-16-14/h2-7H,8H2,1H3,(H2,17,18,19). The molecule has 1 aromatic carbocycles. The van der Waals surface area contributed by atoms with E-state index < -0.39 is 0 Å². The van der Waals surface area contributed by atoms with Crippen LogP contribution in [0.3, 0.4) is 0 Å². The molecule has 2 N–H and O–H groups in total. The van der Waals surface area contributed by atoms with Crippen LogP contribution in [-0.2, 0) is 4.79 Å². The summed E-state index contributed by atoms with van der Waals surface area (Å²) in [5.74, 6) is 1.26. The number of fused-ring (bicyclic) bond motifs is 2. The fourth-order valence-corrected chi connectivity index (χ4v) is 2.43. The molecule has 0 aliphatic carbocycles. The molecule has 0 unspecified atom stereocenters. The maximum atomic E-state index is 11.7. The topological polar surface area (TPSA) is 83.1 Å². The number of carbonyl (C=O) groups is 1. The van der Waals surface area contributed by atoms with Crippen molar-refractivity contribution in [3.8, 4) is 5.75 Å². The quantitative estimate of drug-likeness (QED) is 0.756. The number of pyridine rings is 1. The number of aromatic nitrogens is 3. The molecule has 7 nitrogen and oxygen atoms in total. The maximum Gasteiger partial charge on any atom is 0.264 e. The first-order valence-electron chi connectivity index (χ1n) is 6.82. The molecule has 0 radical (unpaired) electrons. The Morgan fingerprint density at radius 3 is 3.18 bits per heavy atom. The molecule has 2 aromatic heterocycles. The van der Waals surface area contributed by atoms with E-state index in [-0.39, 0.29) is 12.5 Å². The minimum absolute atomic E-state index is 0.0727. The lowest BCUT2D eigenvalue weighted by Gasteiger charge is -2.26. The van der Waals surface area contributed by atoms with E-state index >= 15 is 0 Å². The Hall–Kier alpha value is -3.09. The van der Waals surface area contributed by atoms with Crippen LogP contribution in [0.2, 0.25) is 0 Å². The van der Waals surface area contributed by atoms with Gasteiger partial charge in [0.25, 0.3) is 5.91 Å². The highest BCUT2D eigenvalue weighted by Crippen LogP contribution is 2.34. The Labute approximate surface area is 125 Å². The van der Waals surface area contributed by atoms with Crippen molar-refractivity contribution >= 4 is 34.1 Å². The van der Waals surface area contributed by atoms with Crippen LogP contribution in [0.1, 0.15) is 0 Å². The summed E-state index contributed by atoms with van der Waals surface area (Å²) >= 11 is 0. The van der Waals surface area contributed by atoms with E-state index in [1.165, 1.54) is 0 Å². The molecule has 110 valence electrons. The van der Waals surface area contributed by atoms with E-state index in [4.69, 9.17) is 4.74 Å². The van der Waals surface area contributed by atoms with Gasteiger partial charge in [-0.15, -0.1) is 0 Å². The minimum Gasteiger partial charge on any atom is -0.482 e. The van der Waals surface area contributed by atoms with Gasteiger partial charge >= 0.3 is 0 Å². The zero-order valence-corrected chi connectivity index (χ0v) is 11.8. The summed E-state index contributed by atoms with van der Waals surface area (Å²) in [6.07, 6.45) is 1.72. The number of likely N-dealkylation sites (N-methyl/N-ethyl adjacent to an activating group) is 1. The third-order valence-corrected chi connectivity index (χ3v) is 3.63. The predicted octanol–water partition coefficient (Wildman–Crippen LogP) is 2.06. The van der Waals surface area contributed by atoms with Gasteiger partial charge in [0, 0.05) is 18.9 Å². The molecule has 22 heavy (non-hydrogen) atoms. The van der Waals surface area contributed by atoms with Gasteiger partial charge in [0.15, 0.2) is 12.4 Å². The summed E-state index contributed by atoms with van der Waals surface area (Å²) in [7, 11) is 1.74. The number of carbonyl (C=O) groups excluding carboxylic acids is 1. The molecule has 4 rings (SSSR count). The average Bonchev–Trinajstić information content (AvgIpc) is 2.95. The second kappa shape index (κ2) is 4.73. The van der Waals surface area contributed by atoms with E-state index in [1.54, 1.807) is 18.1 Å². The average molecular weight is 295 g/mol. The highest BCUT2D eigenvalue weighted by molar-refractivity contribution is 5.98. The van der Waals surface area contributed by atoms with Crippen LogP contribution in [0.5, 0.6) is 5.75 Å². The van der Waals surface area contributed by atoms with Crippen molar-refractivity contribution in [3.05, 3.63) is 36.5 Å². The zero-order valence-electron chi connectivity index (χ0n) is 11.8. The summed E-state index contributed by atoms with van der Waals surface area (Å²) in [6, 6.07) is 9.33. The Morgan fingerprint density at radius 2 is 2.27 bits per heavy atom. The lowest BCUT2D eigenvalue weighted by molar-refractivity contribution is -0.120. The summed E-state index contributed by atoms with van der Waals surface area (Å²) in [5, 5.41) is 10.4. The Bertz CT molecular complexity index is 873. The Kier molecular flexibility index (Phi) is 2.72. The first kappa shape index (κ1) is 12.6. The third kappa shape index (κ3) is 1.95.